The van der Waals surface area contributed by atoms with Crippen LogP contribution in [0.25, 0.3) is 10.9 Å². The third-order valence-corrected chi connectivity index (χ3v) is 6.20. The van der Waals surface area contributed by atoms with Gasteiger partial charge in [0.1, 0.15) is 0 Å². The maximum absolute atomic E-state index is 12.5. The summed E-state index contributed by atoms with van der Waals surface area (Å²) < 4.78 is 0. The lowest BCUT2D eigenvalue weighted by molar-refractivity contribution is 0.0991. The molecule has 0 amide bonds. The first-order valence-corrected chi connectivity index (χ1v) is 9.40. The molecule has 1 aliphatic carbocycles. The predicted molar refractivity (Wildman–Crippen MR) is 96.5 cm³/mol. The Hall–Kier alpha value is -1.65. The first kappa shape index (κ1) is 14.7. The van der Waals surface area contributed by atoms with Crippen LogP contribution in [0.2, 0.25) is 0 Å². The monoisotopic (exact) mass is 323 g/mol. The van der Waals surface area contributed by atoms with Gasteiger partial charge in [-0.1, -0.05) is 0 Å². The van der Waals surface area contributed by atoms with Crippen molar-refractivity contribution in [2.24, 2.45) is 0 Å². The van der Waals surface area contributed by atoms with Crippen LogP contribution in [0, 0.1) is 0 Å². The zero-order valence-corrected chi connectivity index (χ0v) is 14.2. The maximum Gasteiger partial charge on any atom is 0.252 e. The average molecular weight is 323 g/mol. The second-order valence-corrected chi connectivity index (χ2v) is 7.75. The number of piperazine rings is 1. The van der Waals surface area contributed by atoms with Crippen molar-refractivity contribution in [1.29, 1.82) is 0 Å². The molecule has 0 saturated carbocycles. The number of nitrogens with zero attached hydrogens (tertiary/aromatic N) is 2. The number of aryl methyl sites for hydroxylation is 2. The molecule has 2 fully saturated rings. The lowest BCUT2D eigenvalue weighted by Gasteiger charge is -2.37. The fraction of sp³-hybridized carbons (Fsp3) is 0.550. The Morgan fingerprint density at radius 2 is 1.92 bits per heavy atom. The lowest BCUT2D eigenvalue weighted by atomic mass is 10.0. The number of fused-ring (bicyclic) bond motifs is 3. The van der Waals surface area contributed by atoms with E-state index >= 15 is 0 Å². The fourth-order valence-corrected chi connectivity index (χ4v) is 4.88. The summed E-state index contributed by atoms with van der Waals surface area (Å²) in [5.41, 5.74) is 4.91. The SMILES string of the molecule is O=c1[nH]c2cc3c(cc2cc1CN1CCN2CCC[C@H]2C1)CCC3. The molecule has 1 aromatic heterocycles. The topological polar surface area (TPSA) is 39.3 Å². The molecule has 2 saturated heterocycles. The van der Waals surface area contributed by atoms with Gasteiger partial charge in [0, 0.05) is 43.3 Å². The number of H-pyrrole nitrogens is 1. The molecule has 4 nitrogen and oxygen atoms in total. The van der Waals surface area contributed by atoms with Crippen molar-refractivity contribution in [2.75, 3.05) is 26.2 Å². The highest BCUT2D eigenvalue weighted by Crippen LogP contribution is 2.27. The van der Waals surface area contributed by atoms with Gasteiger partial charge in [-0.2, -0.15) is 0 Å². The first-order chi connectivity index (χ1) is 11.8. The number of aromatic amines is 1. The molecule has 0 spiro atoms. The van der Waals surface area contributed by atoms with Crippen LogP contribution in [0.15, 0.2) is 23.0 Å². The van der Waals surface area contributed by atoms with Crippen molar-refractivity contribution in [1.82, 2.24) is 14.8 Å². The minimum Gasteiger partial charge on any atom is -0.322 e. The number of benzene rings is 1. The van der Waals surface area contributed by atoms with Crippen molar-refractivity contribution in [3.63, 3.8) is 0 Å². The van der Waals surface area contributed by atoms with Gasteiger partial charge in [0.05, 0.1) is 0 Å². The summed E-state index contributed by atoms with van der Waals surface area (Å²) in [5.74, 6) is 0. The normalized spacial score (nSPS) is 24.4. The van der Waals surface area contributed by atoms with Crippen LogP contribution in [0.4, 0.5) is 0 Å². The smallest absolute Gasteiger partial charge is 0.252 e. The van der Waals surface area contributed by atoms with Crippen molar-refractivity contribution >= 4 is 10.9 Å². The summed E-state index contributed by atoms with van der Waals surface area (Å²) in [6.07, 6.45) is 6.23. The molecule has 2 aliphatic heterocycles. The molecule has 0 bridgehead atoms. The number of nitrogens with one attached hydrogen (secondary N) is 1. The highest BCUT2D eigenvalue weighted by atomic mass is 16.1. The van der Waals surface area contributed by atoms with Crippen LogP contribution in [0.1, 0.15) is 36.0 Å². The van der Waals surface area contributed by atoms with Gasteiger partial charge in [-0.25, -0.2) is 0 Å². The third kappa shape index (κ3) is 2.49. The largest absolute Gasteiger partial charge is 0.322 e. The average Bonchev–Trinajstić information content (AvgIpc) is 3.21. The quantitative estimate of drug-likeness (QED) is 0.922. The molecule has 24 heavy (non-hydrogen) atoms. The molecule has 1 N–H and O–H groups in total. The third-order valence-electron chi connectivity index (χ3n) is 6.20. The zero-order chi connectivity index (χ0) is 16.1. The Balaban J connectivity index is 1.43. The molecule has 4 heteroatoms. The molecule has 0 unspecified atom stereocenters. The van der Waals surface area contributed by atoms with Gasteiger partial charge >= 0.3 is 0 Å². The number of pyridine rings is 1. The Bertz CT molecular complexity index is 841. The molecule has 3 heterocycles. The summed E-state index contributed by atoms with van der Waals surface area (Å²) in [6, 6.07) is 7.33. The van der Waals surface area contributed by atoms with Crippen molar-refractivity contribution in [3.05, 3.63) is 45.2 Å². The Morgan fingerprint density at radius 1 is 1.04 bits per heavy atom. The van der Waals surface area contributed by atoms with Gasteiger partial charge in [0.25, 0.3) is 5.56 Å². The van der Waals surface area contributed by atoms with E-state index in [4.69, 9.17) is 0 Å². The fourth-order valence-electron chi connectivity index (χ4n) is 4.88. The number of rotatable bonds is 2. The van der Waals surface area contributed by atoms with E-state index < -0.39 is 0 Å². The van der Waals surface area contributed by atoms with Crippen molar-refractivity contribution in [3.8, 4) is 0 Å². The molecule has 5 rings (SSSR count). The minimum atomic E-state index is 0.0919. The molecule has 126 valence electrons. The van der Waals surface area contributed by atoms with E-state index in [-0.39, 0.29) is 5.56 Å². The maximum atomic E-state index is 12.5. The van der Waals surface area contributed by atoms with Crippen LogP contribution < -0.4 is 5.56 Å². The van der Waals surface area contributed by atoms with Crippen LogP contribution in [-0.4, -0.2) is 47.0 Å². The van der Waals surface area contributed by atoms with Crippen molar-refractivity contribution < 1.29 is 0 Å². The molecule has 1 aromatic carbocycles. The Kier molecular flexibility index (Phi) is 3.49. The molecule has 1 atom stereocenters. The van der Waals surface area contributed by atoms with E-state index in [1.807, 2.05) is 0 Å². The first-order valence-electron chi connectivity index (χ1n) is 9.40. The molecular weight excluding hydrogens is 298 g/mol. The van der Waals surface area contributed by atoms with Gasteiger partial charge < -0.3 is 4.98 Å². The van der Waals surface area contributed by atoms with E-state index in [1.54, 1.807) is 0 Å². The van der Waals surface area contributed by atoms with Crippen LogP contribution in [0.5, 0.6) is 0 Å². The van der Waals surface area contributed by atoms with Gasteiger partial charge in [0.15, 0.2) is 0 Å². The second kappa shape index (κ2) is 5.71. The molecule has 3 aliphatic rings. The summed E-state index contributed by atoms with van der Waals surface area (Å²) in [7, 11) is 0. The Morgan fingerprint density at radius 3 is 2.83 bits per heavy atom. The van der Waals surface area contributed by atoms with E-state index in [0.29, 0.717) is 6.04 Å². The van der Waals surface area contributed by atoms with Gasteiger partial charge in [-0.05, 0) is 73.4 Å². The second-order valence-electron chi connectivity index (χ2n) is 7.75. The Labute approximate surface area is 142 Å². The highest BCUT2D eigenvalue weighted by Gasteiger charge is 2.30. The number of hydrogen-bond donors (Lipinski definition) is 1. The van der Waals surface area contributed by atoms with Crippen molar-refractivity contribution in [2.45, 2.75) is 44.7 Å². The summed E-state index contributed by atoms with van der Waals surface area (Å²) in [6.45, 7) is 5.40. The molecule has 2 aromatic rings. The van der Waals surface area contributed by atoms with Gasteiger partial charge in [0.2, 0.25) is 0 Å². The summed E-state index contributed by atoms with van der Waals surface area (Å²) in [5, 5.41) is 1.20. The summed E-state index contributed by atoms with van der Waals surface area (Å²) >= 11 is 0. The van der Waals surface area contributed by atoms with E-state index in [0.717, 1.165) is 43.7 Å². The molecular formula is C20H25N3O. The van der Waals surface area contributed by atoms with E-state index in [1.165, 1.54) is 48.7 Å². The zero-order valence-electron chi connectivity index (χ0n) is 14.2. The standard InChI is InChI=1S/C20H25N3O/c24-20-17(12-22-7-8-23-6-2-5-18(23)13-22)10-16-9-14-3-1-4-15(14)11-19(16)21-20/h9-11,18H,1-8,12-13H2,(H,21,24)/t18-/m0/s1. The highest BCUT2D eigenvalue weighted by molar-refractivity contribution is 5.81. The van der Waals surface area contributed by atoms with E-state index in [2.05, 4.69) is 33.0 Å². The number of aromatic nitrogens is 1. The number of hydrogen-bond acceptors (Lipinski definition) is 3. The van der Waals surface area contributed by atoms with Crippen LogP contribution >= 0.6 is 0 Å². The van der Waals surface area contributed by atoms with Gasteiger partial charge in [-0.15, -0.1) is 0 Å². The summed E-state index contributed by atoms with van der Waals surface area (Å²) in [4.78, 5) is 20.8. The van der Waals surface area contributed by atoms with E-state index in [9.17, 15) is 4.79 Å². The van der Waals surface area contributed by atoms with Gasteiger partial charge in [-0.3, -0.25) is 14.6 Å². The predicted octanol–water partition coefficient (Wildman–Crippen LogP) is 2.30. The minimum absolute atomic E-state index is 0.0919. The van der Waals surface area contributed by atoms with Crippen LogP contribution in [-0.2, 0) is 19.4 Å². The van der Waals surface area contributed by atoms with Crippen LogP contribution in [0.3, 0.4) is 0 Å². The molecule has 0 radical (unpaired) electrons. The lowest BCUT2D eigenvalue weighted by Crippen LogP contribution is -2.49.